The van der Waals surface area contributed by atoms with Gasteiger partial charge in [0.15, 0.2) is 11.5 Å². The van der Waals surface area contributed by atoms with E-state index in [1.807, 2.05) is 0 Å². The van der Waals surface area contributed by atoms with Crippen LogP contribution in [0.4, 0.5) is 4.39 Å². The minimum atomic E-state index is -1.30. The van der Waals surface area contributed by atoms with Crippen LogP contribution in [0.25, 0.3) is 0 Å². The van der Waals surface area contributed by atoms with Crippen LogP contribution < -0.4 is 0 Å². The lowest BCUT2D eigenvalue weighted by Crippen LogP contribution is -1.99. The van der Waals surface area contributed by atoms with Gasteiger partial charge < -0.3 is 5.11 Å². The monoisotopic (exact) mass is 228 g/mol. The molecule has 1 aromatic heterocycles. The molecule has 4 nitrogen and oxygen atoms in total. The van der Waals surface area contributed by atoms with E-state index in [-0.39, 0.29) is 5.69 Å². The van der Waals surface area contributed by atoms with E-state index in [1.54, 1.807) is 0 Å². The van der Waals surface area contributed by atoms with Gasteiger partial charge >= 0.3 is 5.97 Å². The number of rotatable bonds is 7. The van der Waals surface area contributed by atoms with Gasteiger partial charge in [0.25, 0.3) is 0 Å². The van der Waals surface area contributed by atoms with Gasteiger partial charge in [-0.3, -0.25) is 5.10 Å². The van der Waals surface area contributed by atoms with Crippen molar-refractivity contribution in [3.63, 3.8) is 0 Å². The van der Waals surface area contributed by atoms with Gasteiger partial charge in [0.1, 0.15) is 0 Å². The number of halogens is 1. The minimum Gasteiger partial charge on any atom is -0.476 e. The van der Waals surface area contributed by atoms with Gasteiger partial charge in [0.05, 0.1) is 5.69 Å². The molecule has 5 heteroatoms. The maximum absolute atomic E-state index is 13.4. The van der Waals surface area contributed by atoms with Crippen molar-refractivity contribution in [3.05, 3.63) is 17.2 Å². The molecule has 2 N–H and O–H groups in total. The van der Waals surface area contributed by atoms with E-state index < -0.39 is 17.5 Å². The topological polar surface area (TPSA) is 66.0 Å². The molecular formula is C11H17FN2O2. The minimum absolute atomic E-state index is 0.230. The van der Waals surface area contributed by atoms with E-state index in [0.29, 0.717) is 6.42 Å². The maximum Gasteiger partial charge on any atom is 0.357 e. The highest BCUT2D eigenvalue weighted by molar-refractivity contribution is 5.85. The fourth-order valence-electron chi connectivity index (χ4n) is 1.57. The first-order valence-electron chi connectivity index (χ1n) is 5.62. The number of H-pyrrole nitrogens is 1. The van der Waals surface area contributed by atoms with Crippen LogP contribution in [0.15, 0.2) is 0 Å². The molecule has 0 radical (unpaired) electrons. The molecule has 0 saturated heterocycles. The predicted octanol–water partition coefficient (Wildman–Crippen LogP) is 2.76. The van der Waals surface area contributed by atoms with Crippen LogP contribution in [0.3, 0.4) is 0 Å². The summed E-state index contributed by atoms with van der Waals surface area (Å²) in [6.07, 6.45) is 5.86. The SMILES string of the molecule is CCCCCCCc1n[nH]c(C(=O)O)c1F. The van der Waals surface area contributed by atoms with Gasteiger partial charge in [-0.15, -0.1) is 0 Å². The molecule has 0 aliphatic carbocycles. The summed E-state index contributed by atoms with van der Waals surface area (Å²) in [7, 11) is 0. The van der Waals surface area contributed by atoms with Gasteiger partial charge in [-0.1, -0.05) is 32.6 Å². The smallest absolute Gasteiger partial charge is 0.357 e. The first-order valence-corrected chi connectivity index (χ1v) is 5.62. The molecule has 0 aliphatic rings. The van der Waals surface area contributed by atoms with Crippen LogP contribution >= 0.6 is 0 Å². The number of carboxylic acids is 1. The number of hydrogen-bond acceptors (Lipinski definition) is 2. The highest BCUT2D eigenvalue weighted by Gasteiger charge is 2.17. The van der Waals surface area contributed by atoms with Crippen molar-refractivity contribution in [1.82, 2.24) is 10.2 Å². The third-order valence-electron chi connectivity index (χ3n) is 2.51. The van der Waals surface area contributed by atoms with Gasteiger partial charge in [0.2, 0.25) is 0 Å². The number of carboxylic acid groups (broad SMARTS) is 1. The molecule has 16 heavy (non-hydrogen) atoms. The Labute approximate surface area is 93.9 Å². The van der Waals surface area contributed by atoms with Crippen LogP contribution in [0.1, 0.15) is 55.2 Å². The Hall–Kier alpha value is -1.39. The number of unbranched alkanes of at least 4 members (excludes halogenated alkanes) is 4. The Morgan fingerprint density at radius 1 is 1.38 bits per heavy atom. The zero-order valence-corrected chi connectivity index (χ0v) is 9.42. The summed E-state index contributed by atoms with van der Waals surface area (Å²) in [6.45, 7) is 2.13. The number of aryl methyl sites for hydroxylation is 1. The first kappa shape index (κ1) is 12.7. The van der Waals surface area contributed by atoms with Gasteiger partial charge in [-0.25, -0.2) is 9.18 Å². The Bertz CT molecular complexity index is 350. The molecule has 1 heterocycles. The number of carbonyl (C=O) groups is 1. The molecule has 0 bridgehead atoms. The Kier molecular flexibility index (Phi) is 4.95. The highest BCUT2D eigenvalue weighted by atomic mass is 19.1. The van der Waals surface area contributed by atoms with Crippen LogP contribution in [-0.4, -0.2) is 21.3 Å². The van der Waals surface area contributed by atoms with Crippen LogP contribution in [0.2, 0.25) is 0 Å². The summed E-state index contributed by atoms with van der Waals surface area (Å²) in [5, 5.41) is 14.5. The average Bonchev–Trinajstić information content (AvgIpc) is 2.60. The second-order valence-corrected chi connectivity index (χ2v) is 3.83. The van der Waals surface area contributed by atoms with E-state index in [1.165, 1.54) is 12.8 Å². The van der Waals surface area contributed by atoms with E-state index in [0.717, 1.165) is 19.3 Å². The lowest BCUT2D eigenvalue weighted by Gasteiger charge is -1.97. The molecule has 1 aromatic rings. The molecule has 0 amide bonds. The summed E-state index contributed by atoms with van der Waals surface area (Å²) in [5.74, 6) is -2.02. The molecule has 90 valence electrons. The zero-order chi connectivity index (χ0) is 12.0. The van der Waals surface area contributed by atoms with Gasteiger partial charge in [-0.2, -0.15) is 5.10 Å². The average molecular weight is 228 g/mol. The summed E-state index contributed by atoms with van der Waals surface area (Å²) in [4.78, 5) is 10.5. The van der Waals surface area contributed by atoms with E-state index in [9.17, 15) is 9.18 Å². The second-order valence-electron chi connectivity index (χ2n) is 3.83. The van der Waals surface area contributed by atoms with Crippen molar-refractivity contribution in [1.29, 1.82) is 0 Å². The van der Waals surface area contributed by atoms with Crippen LogP contribution in [-0.2, 0) is 6.42 Å². The van der Waals surface area contributed by atoms with Gasteiger partial charge in [-0.05, 0) is 12.8 Å². The fraction of sp³-hybridized carbons (Fsp3) is 0.636. The van der Waals surface area contributed by atoms with Crippen molar-refractivity contribution in [3.8, 4) is 0 Å². The summed E-state index contributed by atoms with van der Waals surface area (Å²) in [5.41, 5.74) is -0.211. The third-order valence-corrected chi connectivity index (χ3v) is 2.51. The lowest BCUT2D eigenvalue weighted by atomic mass is 10.1. The van der Waals surface area contributed by atoms with Crippen LogP contribution in [0.5, 0.6) is 0 Å². The molecule has 0 saturated carbocycles. The van der Waals surface area contributed by atoms with E-state index >= 15 is 0 Å². The number of aromatic nitrogens is 2. The van der Waals surface area contributed by atoms with Crippen molar-refractivity contribution >= 4 is 5.97 Å². The Morgan fingerprint density at radius 3 is 2.62 bits per heavy atom. The predicted molar refractivity (Wildman–Crippen MR) is 58.0 cm³/mol. The maximum atomic E-state index is 13.4. The zero-order valence-electron chi connectivity index (χ0n) is 9.42. The third kappa shape index (κ3) is 3.32. The van der Waals surface area contributed by atoms with Gasteiger partial charge in [0, 0.05) is 0 Å². The number of hydrogen-bond donors (Lipinski definition) is 2. The summed E-state index contributed by atoms with van der Waals surface area (Å²) in [6, 6.07) is 0. The fourth-order valence-corrected chi connectivity index (χ4v) is 1.57. The number of nitrogens with one attached hydrogen (secondary N) is 1. The van der Waals surface area contributed by atoms with Crippen LogP contribution in [0, 0.1) is 5.82 Å². The Morgan fingerprint density at radius 2 is 2.06 bits per heavy atom. The normalized spacial score (nSPS) is 10.6. The molecule has 1 rings (SSSR count). The van der Waals surface area contributed by atoms with E-state index in [4.69, 9.17) is 5.11 Å². The highest BCUT2D eigenvalue weighted by Crippen LogP contribution is 2.13. The first-order chi connectivity index (χ1) is 7.66. The number of nitrogens with zero attached hydrogens (tertiary/aromatic N) is 1. The molecule has 0 unspecified atom stereocenters. The number of aromatic amines is 1. The second kappa shape index (κ2) is 6.25. The van der Waals surface area contributed by atoms with Crippen molar-refractivity contribution in [2.24, 2.45) is 0 Å². The van der Waals surface area contributed by atoms with E-state index in [2.05, 4.69) is 17.1 Å². The molecular weight excluding hydrogens is 211 g/mol. The van der Waals surface area contributed by atoms with Crippen molar-refractivity contribution in [2.75, 3.05) is 0 Å². The standard InChI is InChI=1S/C11H17FN2O2/c1-2-3-4-5-6-7-8-9(12)10(11(15)16)14-13-8/h2-7H2,1H3,(H,13,14)(H,15,16). The molecule has 0 spiro atoms. The van der Waals surface area contributed by atoms with Crippen molar-refractivity contribution in [2.45, 2.75) is 45.4 Å². The number of aromatic carboxylic acids is 1. The van der Waals surface area contributed by atoms with Crippen molar-refractivity contribution < 1.29 is 14.3 Å². The molecule has 0 fully saturated rings. The largest absolute Gasteiger partial charge is 0.476 e. The lowest BCUT2D eigenvalue weighted by molar-refractivity contribution is 0.0685. The summed E-state index contributed by atoms with van der Waals surface area (Å²) >= 11 is 0. The summed E-state index contributed by atoms with van der Waals surface area (Å²) < 4.78 is 13.4. The molecule has 0 atom stereocenters. The molecule has 0 aromatic carbocycles. The molecule has 0 aliphatic heterocycles. The quantitative estimate of drug-likeness (QED) is 0.705. The Balaban J connectivity index is 2.40.